The second-order valence-corrected chi connectivity index (χ2v) is 6.12. The first-order valence-corrected chi connectivity index (χ1v) is 8.05. The Balaban J connectivity index is 1.64. The van der Waals surface area contributed by atoms with Gasteiger partial charge in [-0.15, -0.1) is 10.2 Å². The fourth-order valence-electron chi connectivity index (χ4n) is 2.44. The molecular formula is C17H15FN6O2. The molecule has 0 aliphatic heterocycles. The van der Waals surface area contributed by atoms with Gasteiger partial charge in [0.2, 0.25) is 5.95 Å². The van der Waals surface area contributed by atoms with Crippen LogP contribution in [-0.2, 0) is 7.05 Å². The average Bonchev–Trinajstić information content (AvgIpc) is 3.44. The lowest BCUT2D eigenvalue weighted by molar-refractivity contribution is 0.477. The Labute approximate surface area is 147 Å². The van der Waals surface area contributed by atoms with Crippen molar-refractivity contribution < 1.29 is 9.50 Å². The van der Waals surface area contributed by atoms with E-state index in [0.29, 0.717) is 28.8 Å². The maximum Gasteiger partial charge on any atom is 0.350 e. The molecule has 1 aliphatic rings. The number of phenolic OH excluding ortho intramolecular Hbond substituents is 1. The molecule has 9 heteroatoms. The lowest BCUT2D eigenvalue weighted by Crippen LogP contribution is -2.22. The summed E-state index contributed by atoms with van der Waals surface area (Å²) < 4.78 is 14.5. The van der Waals surface area contributed by atoms with Gasteiger partial charge in [0, 0.05) is 30.3 Å². The predicted molar refractivity (Wildman–Crippen MR) is 92.0 cm³/mol. The third-order valence-corrected chi connectivity index (χ3v) is 4.12. The summed E-state index contributed by atoms with van der Waals surface area (Å²) in [6.45, 7) is 0. The molecule has 8 nitrogen and oxygen atoms in total. The molecule has 1 fully saturated rings. The first-order valence-electron chi connectivity index (χ1n) is 8.05. The monoisotopic (exact) mass is 354 g/mol. The summed E-state index contributed by atoms with van der Waals surface area (Å²) in [6.07, 6.45) is 3.72. The highest BCUT2D eigenvalue weighted by atomic mass is 19.1. The number of halogens is 1. The molecule has 26 heavy (non-hydrogen) atoms. The highest BCUT2D eigenvalue weighted by molar-refractivity contribution is 5.72. The smallest absolute Gasteiger partial charge is 0.350 e. The SMILES string of the molecule is Cn1c(F)cc(-c2ccc(-c3cnc(NC4CC4)nn3)c(O)c2)nc1=O. The zero-order valence-corrected chi connectivity index (χ0v) is 13.8. The van der Waals surface area contributed by atoms with Crippen LogP contribution in [0.5, 0.6) is 5.75 Å². The third-order valence-electron chi connectivity index (χ3n) is 4.12. The van der Waals surface area contributed by atoms with E-state index in [9.17, 15) is 14.3 Å². The molecular weight excluding hydrogens is 339 g/mol. The van der Waals surface area contributed by atoms with E-state index < -0.39 is 11.6 Å². The molecule has 1 saturated carbocycles. The van der Waals surface area contributed by atoms with Gasteiger partial charge in [0.05, 0.1) is 11.9 Å². The van der Waals surface area contributed by atoms with Crippen LogP contribution in [0.2, 0.25) is 0 Å². The van der Waals surface area contributed by atoms with Gasteiger partial charge >= 0.3 is 5.69 Å². The summed E-state index contributed by atoms with van der Waals surface area (Å²) in [7, 11) is 1.29. The van der Waals surface area contributed by atoms with Crippen molar-refractivity contribution in [1.29, 1.82) is 0 Å². The van der Waals surface area contributed by atoms with Crippen molar-refractivity contribution in [2.24, 2.45) is 7.05 Å². The molecule has 0 unspecified atom stereocenters. The zero-order valence-electron chi connectivity index (χ0n) is 13.8. The van der Waals surface area contributed by atoms with Crippen molar-refractivity contribution >= 4 is 5.95 Å². The fourth-order valence-corrected chi connectivity index (χ4v) is 2.44. The average molecular weight is 354 g/mol. The van der Waals surface area contributed by atoms with E-state index in [0.717, 1.165) is 23.5 Å². The molecule has 0 amide bonds. The van der Waals surface area contributed by atoms with Crippen LogP contribution in [0.15, 0.2) is 35.3 Å². The van der Waals surface area contributed by atoms with E-state index in [1.807, 2.05) is 0 Å². The molecule has 0 saturated heterocycles. The third kappa shape index (κ3) is 3.10. The van der Waals surface area contributed by atoms with E-state index in [1.165, 1.54) is 19.3 Å². The number of phenols is 1. The molecule has 0 atom stereocenters. The number of hydrogen-bond donors (Lipinski definition) is 2. The van der Waals surface area contributed by atoms with Crippen LogP contribution in [0.3, 0.4) is 0 Å². The quantitative estimate of drug-likeness (QED) is 0.687. The van der Waals surface area contributed by atoms with Crippen LogP contribution >= 0.6 is 0 Å². The predicted octanol–water partition coefficient (Wildman–Crippen LogP) is 1.72. The highest BCUT2D eigenvalue weighted by Gasteiger charge is 2.22. The van der Waals surface area contributed by atoms with Crippen molar-refractivity contribution in [1.82, 2.24) is 24.7 Å². The van der Waals surface area contributed by atoms with Crippen LogP contribution < -0.4 is 11.0 Å². The Morgan fingerprint density at radius 2 is 2.04 bits per heavy atom. The molecule has 2 heterocycles. The number of anilines is 1. The summed E-state index contributed by atoms with van der Waals surface area (Å²) in [5, 5.41) is 21.5. The molecule has 1 aliphatic carbocycles. The lowest BCUT2D eigenvalue weighted by Gasteiger charge is -2.08. The van der Waals surface area contributed by atoms with Crippen molar-refractivity contribution in [3.63, 3.8) is 0 Å². The summed E-state index contributed by atoms with van der Waals surface area (Å²) in [5.41, 5.74) is 0.670. The van der Waals surface area contributed by atoms with Gasteiger partial charge in [-0.1, -0.05) is 6.07 Å². The Morgan fingerprint density at radius 3 is 2.65 bits per heavy atom. The van der Waals surface area contributed by atoms with Gasteiger partial charge in [-0.3, -0.25) is 4.57 Å². The van der Waals surface area contributed by atoms with E-state index in [4.69, 9.17) is 0 Å². The first kappa shape index (κ1) is 16.1. The van der Waals surface area contributed by atoms with E-state index >= 15 is 0 Å². The summed E-state index contributed by atoms with van der Waals surface area (Å²) >= 11 is 0. The van der Waals surface area contributed by atoms with Crippen LogP contribution in [0, 0.1) is 5.95 Å². The minimum atomic E-state index is -0.711. The maximum atomic E-state index is 13.7. The molecule has 4 rings (SSSR count). The lowest BCUT2D eigenvalue weighted by atomic mass is 10.1. The topological polar surface area (TPSA) is 106 Å². The largest absolute Gasteiger partial charge is 0.507 e. The summed E-state index contributed by atoms with van der Waals surface area (Å²) in [4.78, 5) is 19.6. The Kier molecular flexibility index (Phi) is 3.83. The molecule has 2 aromatic heterocycles. The second-order valence-electron chi connectivity index (χ2n) is 6.12. The van der Waals surface area contributed by atoms with Crippen molar-refractivity contribution in [2.75, 3.05) is 5.32 Å². The first-order chi connectivity index (χ1) is 12.5. The van der Waals surface area contributed by atoms with Gasteiger partial charge in [-0.05, 0) is 25.0 Å². The molecule has 0 bridgehead atoms. The Hall–Kier alpha value is -3.36. The standard InChI is InChI=1S/C17H15FN6O2/c1-24-15(18)7-12(21-17(24)26)9-2-5-11(14(25)6-9)13-8-19-16(23-22-13)20-10-3-4-10/h2,5-8,10,25H,3-4H2,1H3,(H,19,20,23). The van der Waals surface area contributed by atoms with E-state index in [2.05, 4.69) is 25.5 Å². The van der Waals surface area contributed by atoms with Crippen molar-refractivity contribution in [3.8, 4) is 28.3 Å². The highest BCUT2D eigenvalue weighted by Crippen LogP contribution is 2.31. The number of aromatic hydroxyl groups is 1. The van der Waals surface area contributed by atoms with E-state index in [1.54, 1.807) is 12.1 Å². The van der Waals surface area contributed by atoms with Gasteiger partial charge in [0.1, 0.15) is 11.4 Å². The van der Waals surface area contributed by atoms with Crippen molar-refractivity contribution in [2.45, 2.75) is 18.9 Å². The number of aromatic nitrogens is 5. The minimum Gasteiger partial charge on any atom is -0.507 e. The number of nitrogens with zero attached hydrogens (tertiary/aromatic N) is 5. The van der Waals surface area contributed by atoms with Gasteiger partial charge in [0.15, 0.2) is 5.95 Å². The molecule has 132 valence electrons. The number of hydrogen-bond acceptors (Lipinski definition) is 7. The molecule has 0 radical (unpaired) electrons. The molecule has 3 aromatic rings. The Morgan fingerprint density at radius 1 is 1.23 bits per heavy atom. The van der Waals surface area contributed by atoms with Crippen LogP contribution in [0.25, 0.3) is 22.5 Å². The number of rotatable bonds is 4. The number of nitrogens with one attached hydrogen (secondary N) is 1. The maximum absolute atomic E-state index is 13.7. The summed E-state index contributed by atoms with van der Waals surface area (Å²) in [5.74, 6) is -0.353. The van der Waals surface area contributed by atoms with Crippen LogP contribution in [0.4, 0.5) is 10.3 Å². The normalized spacial score (nSPS) is 13.6. The Bertz CT molecular complexity index is 1030. The van der Waals surface area contributed by atoms with Crippen LogP contribution in [0.1, 0.15) is 12.8 Å². The molecule has 1 aromatic carbocycles. The second kappa shape index (κ2) is 6.17. The fraction of sp³-hybridized carbons (Fsp3) is 0.235. The van der Waals surface area contributed by atoms with Gasteiger partial charge < -0.3 is 10.4 Å². The van der Waals surface area contributed by atoms with Crippen molar-refractivity contribution in [3.05, 3.63) is 46.9 Å². The summed E-state index contributed by atoms with van der Waals surface area (Å²) in [6, 6.07) is 6.17. The van der Waals surface area contributed by atoms with E-state index in [-0.39, 0.29) is 11.4 Å². The van der Waals surface area contributed by atoms with Crippen LogP contribution in [-0.4, -0.2) is 35.9 Å². The van der Waals surface area contributed by atoms with Gasteiger partial charge in [0.25, 0.3) is 0 Å². The molecule has 0 spiro atoms. The molecule has 2 N–H and O–H groups in total. The van der Waals surface area contributed by atoms with Gasteiger partial charge in [-0.25, -0.2) is 9.78 Å². The number of benzene rings is 1. The minimum absolute atomic E-state index is 0.0932. The van der Waals surface area contributed by atoms with Gasteiger partial charge in [-0.2, -0.15) is 9.37 Å². The zero-order chi connectivity index (χ0) is 18.3.